The molecule has 0 saturated heterocycles. The van der Waals surface area contributed by atoms with Gasteiger partial charge in [0, 0.05) is 17.5 Å². The number of nitrogens with one attached hydrogen (secondary N) is 1. The van der Waals surface area contributed by atoms with E-state index in [-0.39, 0.29) is 11.8 Å². The molecule has 1 amide bonds. The van der Waals surface area contributed by atoms with Gasteiger partial charge in [0.2, 0.25) is 5.91 Å². The lowest BCUT2D eigenvalue weighted by molar-refractivity contribution is -0.117. The molecule has 21 heavy (non-hydrogen) atoms. The zero-order valence-electron chi connectivity index (χ0n) is 13.2. The Hall–Kier alpha value is -1.26. The number of amides is 1. The first kappa shape index (κ1) is 17.8. The van der Waals surface area contributed by atoms with Crippen molar-refractivity contribution in [3.63, 3.8) is 0 Å². The molecule has 0 saturated carbocycles. The van der Waals surface area contributed by atoms with E-state index in [2.05, 4.69) is 19.2 Å². The molecule has 1 unspecified atom stereocenters. The Morgan fingerprint density at radius 1 is 1.43 bits per heavy atom. The minimum Gasteiger partial charge on any atom is -0.495 e. The molecular formula is C16H25ClN2O2. The third kappa shape index (κ3) is 5.56. The number of aryl methyl sites for hydroxylation is 1. The Morgan fingerprint density at radius 3 is 2.62 bits per heavy atom. The third-order valence-electron chi connectivity index (χ3n) is 3.37. The fourth-order valence-electron chi connectivity index (χ4n) is 2.32. The summed E-state index contributed by atoms with van der Waals surface area (Å²) in [6.45, 7) is 6.67. The summed E-state index contributed by atoms with van der Waals surface area (Å²) in [5.74, 6) is 1.24. The van der Waals surface area contributed by atoms with Crippen molar-refractivity contribution in [1.29, 1.82) is 0 Å². The summed E-state index contributed by atoms with van der Waals surface area (Å²) < 4.78 is 5.25. The fraction of sp³-hybridized carbons (Fsp3) is 0.562. The van der Waals surface area contributed by atoms with Crippen LogP contribution >= 0.6 is 11.6 Å². The van der Waals surface area contributed by atoms with Crippen LogP contribution in [0.3, 0.4) is 0 Å². The summed E-state index contributed by atoms with van der Waals surface area (Å²) in [4.78, 5) is 12.2. The van der Waals surface area contributed by atoms with Crippen molar-refractivity contribution in [3.05, 3.63) is 22.7 Å². The van der Waals surface area contributed by atoms with E-state index in [1.807, 2.05) is 13.0 Å². The molecule has 0 radical (unpaired) electrons. The lowest BCUT2D eigenvalue weighted by Gasteiger charge is -2.17. The molecule has 3 N–H and O–H groups in total. The third-order valence-corrected chi connectivity index (χ3v) is 3.77. The predicted molar refractivity (Wildman–Crippen MR) is 88.0 cm³/mol. The first-order valence-electron chi connectivity index (χ1n) is 7.21. The molecule has 5 heteroatoms. The highest BCUT2D eigenvalue weighted by Gasteiger charge is 2.16. The van der Waals surface area contributed by atoms with E-state index in [0.29, 0.717) is 35.3 Å². The maximum Gasteiger partial charge on any atom is 0.224 e. The molecule has 1 atom stereocenters. The highest BCUT2D eigenvalue weighted by Crippen LogP contribution is 2.31. The minimum atomic E-state index is -0.0499. The van der Waals surface area contributed by atoms with Crippen LogP contribution in [0.2, 0.25) is 5.02 Å². The van der Waals surface area contributed by atoms with Gasteiger partial charge in [-0.25, -0.2) is 0 Å². The SMILES string of the molecule is COc1cc(Cl)c(C)cc1NC(=O)CC(CN)CC(C)C. The summed E-state index contributed by atoms with van der Waals surface area (Å²) in [5.41, 5.74) is 7.28. The molecule has 1 rings (SSSR count). The number of nitrogens with two attached hydrogens (primary N) is 1. The Kier molecular flexibility index (Phi) is 6.99. The molecular weight excluding hydrogens is 288 g/mol. The first-order valence-corrected chi connectivity index (χ1v) is 7.59. The Balaban J connectivity index is 2.76. The van der Waals surface area contributed by atoms with E-state index in [4.69, 9.17) is 22.1 Å². The van der Waals surface area contributed by atoms with Crippen molar-refractivity contribution in [2.45, 2.75) is 33.6 Å². The van der Waals surface area contributed by atoms with Gasteiger partial charge < -0.3 is 15.8 Å². The Bertz CT molecular complexity index is 489. The summed E-state index contributed by atoms with van der Waals surface area (Å²) in [5, 5.41) is 3.50. The van der Waals surface area contributed by atoms with Crippen LogP contribution in [0.1, 0.15) is 32.3 Å². The second-order valence-corrected chi connectivity index (χ2v) is 6.19. The molecule has 0 spiro atoms. The zero-order valence-corrected chi connectivity index (χ0v) is 14.0. The second kappa shape index (κ2) is 8.25. The van der Waals surface area contributed by atoms with Gasteiger partial charge in [-0.2, -0.15) is 0 Å². The summed E-state index contributed by atoms with van der Waals surface area (Å²) in [6.07, 6.45) is 1.36. The largest absolute Gasteiger partial charge is 0.495 e. The number of ether oxygens (including phenoxy) is 1. The molecule has 1 aromatic rings. The van der Waals surface area contributed by atoms with Gasteiger partial charge in [0.25, 0.3) is 0 Å². The molecule has 0 aliphatic carbocycles. The summed E-state index contributed by atoms with van der Waals surface area (Å²) >= 11 is 6.06. The number of hydrogen-bond donors (Lipinski definition) is 2. The Labute approximate surface area is 132 Å². The van der Waals surface area contributed by atoms with Gasteiger partial charge in [-0.1, -0.05) is 25.4 Å². The number of methoxy groups -OCH3 is 1. The van der Waals surface area contributed by atoms with Crippen LogP contribution in [0, 0.1) is 18.8 Å². The number of anilines is 1. The van der Waals surface area contributed by atoms with Crippen LogP contribution < -0.4 is 15.8 Å². The lowest BCUT2D eigenvalue weighted by atomic mass is 9.94. The highest BCUT2D eigenvalue weighted by molar-refractivity contribution is 6.31. The van der Waals surface area contributed by atoms with E-state index < -0.39 is 0 Å². The summed E-state index contributed by atoms with van der Waals surface area (Å²) in [7, 11) is 1.55. The van der Waals surface area contributed by atoms with Gasteiger partial charge in [0.05, 0.1) is 12.8 Å². The normalized spacial score (nSPS) is 12.3. The van der Waals surface area contributed by atoms with Gasteiger partial charge in [-0.15, -0.1) is 0 Å². The number of rotatable bonds is 7. The van der Waals surface area contributed by atoms with Crippen molar-refractivity contribution < 1.29 is 9.53 Å². The van der Waals surface area contributed by atoms with Gasteiger partial charge >= 0.3 is 0 Å². The molecule has 0 bridgehead atoms. The zero-order chi connectivity index (χ0) is 16.0. The van der Waals surface area contributed by atoms with Crippen molar-refractivity contribution in [2.24, 2.45) is 17.6 Å². The van der Waals surface area contributed by atoms with Crippen LogP contribution in [0.4, 0.5) is 5.69 Å². The lowest BCUT2D eigenvalue weighted by Crippen LogP contribution is -2.23. The smallest absolute Gasteiger partial charge is 0.224 e. The molecule has 118 valence electrons. The van der Waals surface area contributed by atoms with E-state index in [1.165, 1.54) is 0 Å². The molecule has 1 aromatic carbocycles. The summed E-state index contributed by atoms with van der Waals surface area (Å²) in [6, 6.07) is 3.53. The van der Waals surface area contributed by atoms with E-state index in [9.17, 15) is 4.79 Å². The van der Waals surface area contributed by atoms with Crippen molar-refractivity contribution in [3.8, 4) is 5.75 Å². The minimum absolute atomic E-state index is 0.0499. The van der Waals surface area contributed by atoms with Crippen LogP contribution in [-0.4, -0.2) is 19.6 Å². The van der Waals surface area contributed by atoms with Crippen molar-refractivity contribution in [2.75, 3.05) is 19.0 Å². The molecule has 0 aromatic heterocycles. The van der Waals surface area contributed by atoms with E-state index in [1.54, 1.807) is 13.2 Å². The van der Waals surface area contributed by atoms with E-state index >= 15 is 0 Å². The predicted octanol–water partition coefficient (Wildman–Crippen LogP) is 3.61. The number of carbonyl (C=O) groups is 1. The monoisotopic (exact) mass is 312 g/mol. The topological polar surface area (TPSA) is 64.3 Å². The van der Waals surface area contributed by atoms with Crippen LogP contribution in [0.5, 0.6) is 5.75 Å². The molecule has 0 heterocycles. The number of benzene rings is 1. The molecule has 4 nitrogen and oxygen atoms in total. The quantitative estimate of drug-likeness (QED) is 0.808. The Morgan fingerprint density at radius 2 is 2.10 bits per heavy atom. The fourth-order valence-corrected chi connectivity index (χ4v) is 2.48. The molecule has 0 aliphatic heterocycles. The highest BCUT2D eigenvalue weighted by atomic mass is 35.5. The van der Waals surface area contributed by atoms with Crippen molar-refractivity contribution in [1.82, 2.24) is 0 Å². The second-order valence-electron chi connectivity index (χ2n) is 5.79. The van der Waals surface area contributed by atoms with Gasteiger partial charge in [-0.3, -0.25) is 4.79 Å². The average molecular weight is 313 g/mol. The standard InChI is InChI=1S/C16H25ClN2O2/c1-10(2)5-12(9-18)7-16(20)19-14-6-11(3)13(17)8-15(14)21-4/h6,8,10,12H,5,7,9,18H2,1-4H3,(H,19,20). The number of halogens is 1. The number of hydrogen-bond acceptors (Lipinski definition) is 3. The molecule has 0 aliphatic rings. The average Bonchev–Trinajstić information content (AvgIpc) is 2.41. The van der Waals surface area contributed by atoms with Gasteiger partial charge in [0.1, 0.15) is 5.75 Å². The van der Waals surface area contributed by atoms with Crippen LogP contribution in [-0.2, 0) is 4.79 Å². The number of carbonyl (C=O) groups excluding carboxylic acids is 1. The van der Waals surface area contributed by atoms with Gasteiger partial charge in [0.15, 0.2) is 0 Å². The van der Waals surface area contributed by atoms with Gasteiger partial charge in [-0.05, 0) is 43.4 Å². The van der Waals surface area contributed by atoms with Crippen LogP contribution in [0.15, 0.2) is 12.1 Å². The van der Waals surface area contributed by atoms with E-state index in [0.717, 1.165) is 12.0 Å². The first-order chi connectivity index (χ1) is 9.87. The maximum absolute atomic E-state index is 12.2. The van der Waals surface area contributed by atoms with Crippen LogP contribution in [0.25, 0.3) is 0 Å². The maximum atomic E-state index is 12.2. The molecule has 0 fully saturated rings. The van der Waals surface area contributed by atoms with Crippen molar-refractivity contribution >= 4 is 23.2 Å².